The molecule has 0 spiro atoms. The molecule has 0 aliphatic carbocycles. The maximum atomic E-state index is 12.9. The van der Waals surface area contributed by atoms with Gasteiger partial charge >= 0.3 is 0 Å². The lowest BCUT2D eigenvalue weighted by atomic mass is 10.1. The molecule has 1 amide bonds. The van der Waals surface area contributed by atoms with Gasteiger partial charge in [0.15, 0.2) is 5.16 Å². The number of likely N-dealkylation sites (tertiary alicyclic amines) is 1. The van der Waals surface area contributed by atoms with E-state index in [4.69, 9.17) is 0 Å². The number of rotatable bonds is 6. The molecule has 0 bridgehead atoms. The van der Waals surface area contributed by atoms with Crippen LogP contribution in [0.2, 0.25) is 0 Å². The Balaban J connectivity index is 1.87. The van der Waals surface area contributed by atoms with Crippen LogP contribution in [0.25, 0.3) is 10.9 Å². The zero-order valence-electron chi connectivity index (χ0n) is 14.9. The summed E-state index contributed by atoms with van der Waals surface area (Å²) in [7, 11) is 0. The van der Waals surface area contributed by atoms with Gasteiger partial charge < -0.3 is 4.90 Å². The predicted octanol–water partition coefficient (Wildman–Crippen LogP) is 3.16. The van der Waals surface area contributed by atoms with E-state index in [0.29, 0.717) is 34.3 Å². The highest BCUT2D eigenvalue weighted by Gasteiger charge is 2.19. The predicted molar refractivity (Wildman–Crippen MR) is 102 cm³/mol. The molecule has 2 aromatic rings. The Bertz CT molecular complexity index is 810. The normalized spacial score (nSPS) is 14.6. The standard InChI is InChI=1S/C19H25N3O2S/c1-14(2)9-12-22-18(24)15-7-3-4-8-16(15)20-19(22)25-13-17(23)21-10-5-6-11-21/h3-4,7-8,14H,5-6,9-13H2,1-2H3. The first kappa shape index (κ1) is 18.0. The van der Waals surface area contributed by atoms with Crippen molar-refractivity contribution in [3.63, 3.8) is 0 Å². The summed E-state index contributed by atoms with van der Waals surface area (Å²) in [4.78, 5) is 31.8. The number of aromatic nitrogens is 2. The van der Waals surface area contributed by atoms with Gasteiger partial charge in [0.25, 0.3) is 5.56 Å². The molecule has 25 heavy (non-hydrogen) atoms. The summed E-state index contributed by atoms with van der Waals surface area (Å²) in [6.07, 6.45) is 3.08. The van der Waals surface area contributed by atoms with E-state index >= 15 is 0 Å². The Morgan fingerprint density at radius 2 is 1.96 bits per heavy atom. The third-order valence-corrected chi connectivity index (χ3v) is 5.50. The number of benzene rings is 1. The van der Waals surface area contributed by atoms with Crippen molar-refractivity contribution < 1.29 is 4.79 Å². The molecule has 2 heterocycles. The molecule has 1 aliphatic rings. The molecule has 1 aromatic heterocycles. The summed E-state index contributed by atoms with van der Waals surface area (Å²) in [6, 6.07) is 7.43. The molecule has 134 valence electrons. The fourth-order valence-corrected chi connectivity index (χ4v) is 3.95. The van der Waals surface area contributed by atoms with Crippen molar-refractivity contribution in [2.45, 2.75) is 44.8 Å². The number of amides is 1. The van der Waals surface area contributed by atoms with E-state index in [-0.39, 0.29) is 11.5 Å². The fraction of sp³-hybridized carbons (Fsp3) is 0.526. The minimum Gasteiger partial charge on any atom is -0.342 e. The number of thioether (sulfide) groups is 1. The van der Waals surface area contributed by atoms with Crippen LogP contribution in [0.15, 0.2) is 34.2 Å². The van der Waals surface area contributed by atoms with Gasteiger partial charge in [0.1, 0.15) is 0 Å². The zero-order valence-corrected chi connectivity index (χ0v) is 15.7. The van der Waals surface area contributed by atoms with Crippen molar-refractivity contribution in [2.24, 2.45) is 5.92 Å². The smallest absolute Gasteiger partial charge is 0.262 e. The highest BCUT2D eigenvalue weighted by atomic mass is 32.2. The summed E-state index contributed by atoms with van der Waals surface area (Å²) < 4.78 is 1.74. The van der Waals surface area contributed by atoms with Crippen LogP contribution in [0.1, 0.15) is 33.1 Å². The number of fused-ring (bicyclic) bond motifs is 1. The van der Waals surface area contributed by atoms with Crippen LogP contribution in [0.3, 0.4) is 0 Å². The molecule has 1 aromatic carbocycles. The Hall–Kier alpha value is -1.82. The first-order valence-corrected chi connectivity index (χ1v) is 9.95. The van der Waals surface area contributed by atoms with Crippen molar-refractivity contribution >= 4 is 28.6 Å². The number of carbonyl (C=O) groups is 1. The van der Waals surface area contributed by atoms with Crippen LogP contribution >= 0.6 is 11.8 Å². The molecule has 1 fully saturated rings. The van der Waals surface area contributed by atoms with E-state index in [0.717, 1.165) is 32.4 Å². The Morgan fingerprint density at radius 1 is 1.24 bits per heavy atom. The molecule has 6 heteroatoms. The number of hydrogen-bond acceptors (Lipinski definition) is 4. The first-order valence-electron chi connectivity index (χ1n) is 8.96. The second-order valence-corrected chi connectivity index (χ2v) is 7.87. The van der Waals surface area contributed by atoms with Crippen molar-refractivity contribution in [3.05, 3.63) is 34.6 Å². The van der Waals surface area contributed by atoms with Gasteiger partial charge in [-0.15, -0.1) is 0 Å². The quantitative estimate of drug-likeness (QED) is 0.587. The summed E-state index contributed by atoms with van der Waals surface area (Å²) in [5, 5.41) is 1.29. The highest BCUT2D eigenvalue weighted by Crippen LogP contribution is 2.20. The lowest BCUT2D eigenvalue weighted by molar-refractivity contribution is -0.127. The van der Waals surface area contributed by atoms with Crippen molar-refractivity contribution in [1.82, 2.24) is 14.5 Å². The van der Waals surface area contributed by atoms with Crippen LogP contribution in [-0.2, 0) is 11.3 Å². The minimum absolute atomic E-state index is 0.0117. The van der Waals surface area contributed by atoms with E-state index in [2.05, 4.69) is 18.8 Å². The third kappa shape index (κ3) is 4.24. The molecule has 1 aliphatic heterocycles. The first-order chi connectivity index (χ1) is 12.1. The zero-order chi connectivity index (χ0) is 17.8. The number of nitrogens with zero attached hydrogens (tertiary/aromatic N) is 3. The van der Waals surface area contributed by atoms with E-state index < -0.39 is 0 Å². The molecular weight excluding hydrogens is 334 g/mol. The van der Waals surface area contributed by atoms with Crippen molar-refractivity contribution in [2.75, 3.05) is 18.8 Å². The molecular formula is C19H25N3O2S. The lowest BCUT2D eigenvalue weighted by Crippen LogP contribution is -2.30. The lowest BCUT2D eigenvalue weighted by Gasteiger charge is -2.17. The molecule has 0 saturated carbocycles. The second-order valence-electron chi connectivity index (χ2n) is 6.93. The van der Waals surface area contributed by atoms with E-state index in [1.807, 2.05) is 29.2 Å². The van der Waals surface area contributed by atoms with Gasteiger partial charge in [0.05, 0.1) is 16.7 Å². The van der Waals surface area contributed by atoms with Crippen LogP contribution in [0, 0.1) is 5.92 Å². The average molecular weight is 359 g/mol. The number of carbonyl (C=O) groups excluding carboxylic acids is 1. The van der Waals surface area contributed by atoms with Gasteiger partial charge in [0, 0.05) is 19.6 Å². The summed E-state index contributed by atoms with van der Waals surface area (Å²) in [5.74, 6) is 0.981. The van der Waals surface area contributed by atoms with Crippen LogP contribution in [0.5, 0.6) is 0 Å². The maximum absolute atomic E-state index is 12.9. The van der Waals surface area contributed by atoms with Gasteiger partial charge in [-0.1, -0.05) is 37.7 Å². The third-order valence-electron chi connectivity index (χ3n) is 4.54. The van der Waals surface area contributed by atoms with Crippen LogP contribution in [-0.4, -0.2) is 39.2 Å². The van der Waals surface area contributed by atoms with Crippen molar-refractivity contribution in [1.29, 1.82) is 0 Å². The SMILES string of the molecule is CC(C)CCn1c(SCC(=O)N2CCCC2)nc2ccccc2c1=O. The molecule has 0 radical (unpaired) electrons. The Kier molecular flexibility index (Phi) is 5.78. The molecule has 0 atom stereocenters. The van der Waals surface area contributed by atoms with Crippen LogP contribution in [0.4, 0.5) is 0 Å². The van der Waals surface area contributed by atoms with Gasteiger partial charge in [-0.05, 0) is 37.3 Å². The summed E-state index contributed by atoms with van der Waals surface area (Å²) >= 11 is 1.38. The number of hydrogen-bond donors (Lipinski definition) is 0. The molecule has 0 unspecified atom stereocenters. The van der Waals surface area contributed by atoms with E-state index in [1.165, 1.54) is 11.8 Å². The maximum Gasteiger partial charge on any atom is 0.262 e. The molecule has 3 rings (SSSR count). The summed E-state index contributed by atoms with van der Waals surface area (Å²) in [6.45, 7) is 6.62. The van der Waals surface area contributed by atoms with Gasteiger partial charge in [0.2, 0.25) is 5.91 Å². The largest absolute Gasteiger partial charge is 0.342 e. The van der Waals surface area contributed by atoms with Gasteiger partial charge in [-0.3, -0.25) is 14.2 Å². The van der Waals surface area contributed by atoms with Crippen molar-refractivity contribution in [3.8, 4) is 0 Å². The highest BCUT2D eigenvalue weighted by molar-refractivity contribution is 7.99. The average Bonchev–Trinajstić information content (AvgIpc) is 3.13. The second kappa shape index (κ2) is 8.04. The topological polar surface area (TPSA) is 55.2 Å². The van der Waals surface area contributed by atoms with E-state index in [9.17, 15) is 9.59 Å². The summed E-state index contributed by atoms with van der Waals surface area (Å²) in [5.41, 5.74) is 0.687. The number of para-hydroxylation sites is 1. The molecule has 1 saturated heterocycles. The van der Waals surface area contributed by atoms with E-state index in [1.54, 1.807) is 4.57 Å². The Labute approximate surface area is 152 Å². The Morgan fingerprint density at radius 3 is 2.68 bits per heavy atom. The van der Waals surface area contributed by atoms with Gasteiger partial charge in [-0.2, -0.15) is 0 Å². The monoisotopic (exact) mass is 359 g/mol. The molecule has 5 nitrogen and oxygen atoms in total. The van der Waals surface area contributed by atoms with Crippen LogP contribution < -0.4 is 5.56 Å². The van der Waals surface area contributed by atoms with Gasteiger partial charge in [-0.25, -0.2) is 4.98 Å². The molecule has 0 N–H and O–H groups in total. The fourth-order valence-electron chi connectivity index (χ4n) is 3.03. The minimum atomic E-state index is -0.0117.